The zero-order valence-electron chi connectivity index (χ0n) is 14.7. The van der Waals surface area contributed by atoms with Crippen molar-refractivity contribution in [3.63, 3.8) is 0 Å². The average molecular weight is 465 g/mol. The van der Waals surface area contributed by atoms with Crippen LogP contribution in [-0.2, 0) is 6.42 Å². The lowest BCUT2D eigenvalue weighted by molar-refractivity contribution is 0.183. The van der Waals surface area contributed by atoms with Crippen LogP contribution in [0.5, 0.6) is 0 Å². The molecule has 1 fully saturated rings. The molecule has 1 aliphatic heterocycles. The van der Waals surface area contributed by atoms with E-state index in [4.69, 9.17) is 11.6 Å². The van der Waals surface area contributed by atoms with Crippen molar-refractivity contribution in [1.29, 1.82) is 0 Å². The Morgan fingerprint density at radius 3 is 2.83 bits per heavy atom. The molecule has 0 aliphatic carbocycles. The minimum atomic E-state index is 0. The van der Waals surface area contributed by atoms with Crippen LogP contribution >= 0.6 is 35.6 Å². The fourth-order valence-corrected chi connectivity index (χ4v) is 3.31. The van der Waals surface area contributed by atoms with E-state index < -0.39 is 0 Å². The van der Waals surface area contributed by atoms with Gasteiger partial charge in [-0.25, -0.2) is 0 Å². The van der Waals surface area contributed by atoms with Crippen molar-refractivity contribution in [2.24, 2.45) is 10.9 Å². The van der Waals surface area contributed by atoms with E-state index in [1.165, 1.54) is 31.5 Å². The summed E-state index contributed by atoms with van der Waals surface area (Å²) in [4.78, 5) is 6.84. The molecule has 24 heavy (non-hydrogen) atoms. The minimum absolute atomic E-state index is 0. The number of aliphatic imine (C=N–C) groups is 1. The SMILES string of the molecule is CCN1CCCC(CNC(=NC)NCCc2ccccc2Cl)C1.I. The summed E-state index contributed by atoms with van der Waals surface area (Å²) in [6.45, 7) is 7.65. The first-order chi connectivity index (χ1) is 11.2. The lowest BCUT2D eigenvalue weighted by Crippen LogP contribution is -2.44. The standard InChI is InChI=1S/C18H29ClN4.HI/c1-3-23-12-6-7-15(14-23)13-22-18(20-2)21-11-10-16-8-4-5-9-17(16)19;/h4-5,8-9,15H,3,6-7,10-14H2,1-2H3,(H2,20,21,22);1H. The van der Waals surface area contributed by atoms with Crippen LogP contribution in [0.25, 0.3) is 0 Å². The second-order valence-electron chi connectivity index (χ2n) is 6.12. The Bertz CT molecular complexity index is 510. The number of halogens is 2. The third kappa shape index (κ3) is 7.15. The van der Waals surface area contributed by atoms with Gasteiger partial charge in [-0.3, -0.25) is 4.99 Å². The van der Waals surface area contributed by atoms with Gasteiger partial charge in [-0.1, -0.05) is 36.7 Å². The molecule has 0 bridgehead atoms. The van der Waals surface area contributed by atoms with E-state index in [1.807, 2.05) is 25.2 Å². The van der Waals surface area contributed by atoms with Crippen molar-refractivity contribution >= 4 is 41.5 Å². The summed E-state index contributed by atoms with van der Waals surface area (Å²) in [5.41, 5.74) is 1.17. The Kier molecular flexibility index (Phi) is 10.7. The van der Waals surface area contributed by atoms with E-state index in [0.29, 0.717) is 5.92 Å². The van der Waals surface area contributed by atoms with Gasteiger partial charge in [0.05, 0.1) is 0 Å². The maximum Gasteiger partial charge on any atom is 0.190 e. The molecule has 136 valence electrons. The molecule has 1 unspecified atom stereocenters. The third-order valence-corrected chi connectivity index (χ3v) is 4.85. The summed E-state index contributed by atoms with van der Waals surface area (Å²) in [5.74, 6) is 1.59. The van der Waals surface area contributed by atoms with Crippen molar-refractivity contribution in [2.75, 3.05) is 39.8 Å². The van der Waals surface area contributed by atoms with Crippen molar-refractivity contribution in [3.05, 3.63) is 34.9 Å². The molecule has 4 nitrogen and oxygen atoms in total. The fourth-order valence-electron chi connectivity index (χ4n) is 3.08. The van der Waals surface area contributed by atoms with Crippen LogP contribution in [-0.4, -0.2) is 50.6 Å². The highest BCUT2D eigenvalue weighted by atomic mass is 127. The van der Waals surface area contributed by atoms with Gasteiger partial charge in [0.25, 0.3) is 0 Å². The predicted molar refractivity (Wildman–Crippen MR) is 115 cm³/mol. The van der Waals surface area contributed by atoms with Gasteiger partial charge in [0, 0.05) is 31.7 Å². The quantitative estimate of drug-likeness (QED) is 0.385. The van der Waals surface area contributed by atoms with Gasteiger partial charge < -0.3 is 15.5 Å². The molecule has 0 amide bonds. The number of hydrogen-bond acceptors (Lipinski definition) is 2. The van der Waals surface area contributed by atoms with Gasteiger partial charge >= 0.3 is 0 Å². The molecule has 1 aromatic rings. The first kappa shape index (κ1) is 21.5. The third-order valence-electron chi connectivity index (χ3n) is 4.48. The number of rotatable bonds is 6. The predicted octanol–water partition coefficient (Wildman–Crippen LogP) is 3.40. The summed E-state index contributed by atoms with van der Waals surface area (Å²) < 4.78 is 0. The smallest absolute Gasteiger partial charge is 0.190 e. The Balaban J connectivity index is 0.00000288. The fraction of sp³-hybridized carbons (Fsp3) is 0.611. The lowest BCUT2D eigenvalue weighted by Gasteiger charge is -2.32. The van der Waals surface area contributed by atoms with Crippen molar-refractivity contribution in [1.82, 2.24) is 15.5 Å². The van der Waals surface area contributed by atoms with Gasteiger partial charge in [0.2, 0.25) is 0 Å². The summed E-state index contributed by atoms with van der Waals surface area (Å²) in [6, 6.07) is 7.99. The Morgan fingerprint density at radius 1 is 1.33 bits per heavy atom. The topological polar surface area (TPSA) is 39.7 Å². The van der Waals surface area contributed by atoms with Crippen molar-refractivity contribution < 1.29 is 0 Å². The molecule has 0 radical (unpaired) electrons. The van der Waals surface area contributed by atoms with Crippen LogP contribution in [0.3, 0.4) is 0 Å². The second-order valence-corrected chi connectivity index (χ2v) is 6.53. The van der Waals surface area contributed by atoms with Crippen LogP contribution in [0.2, 0.25) is 5.02 Å². The van der Waals surface area contributed by atoms with Crippen LogP contribution in [0.1, 0.15) is 25.3 Å². The highest BCUT2D eigenvalue weighted by Gasteiger charge is 2.18. The minimum Gasteiger partial charge on any atom is -0.356 e. The second kappa shape index (κ2) is 11.9. The van der Waals surface area contributed by atoms with E-state index in [2.05, 4.69) is 33.5 Å². The van der Waals surface area contributed by atoms with Crippen molar-refractivity contribution in [3.8, 4) is 0 Å². The summed E-state index contributed by atoms with van der Waals surface area (Å²) in [6.07, 6.45) is 3.51. The first-order valence-corrected chi connectivity index (χ1v) is 9.01. The van der Waals surface area contributed by atoms with Crippen molar-refractivity contribution in [2.45, 2.75) is 26.2 Å². The lowest BCUT2D eigenvalue weighted by atomic mass is 9.98. The molecule has 6 heteroatoms. The van der Waals surface area contributed by atoms with Crippen LogP contribution < -0.4 is 10.6 Å². The number of nitrogens with zero attached hydrogens (tertiary/aromatic N) is 2. The molecular weight excluding hydrogens is 435 g/mol. The summed E-state index contributed by atoms with van der Waals surface area (Å²) in [5, 5.41) is 7.67. The van der Waals surface area contributed by atoms with Gasteiger partial charge in [0.1, 0.15) is 0 Å². The molecular formula is C18H30ClIN4. The van der Waals surface area contributed by atoms with Gasteiger partial charge in [-0.05, 0) is 49.9 Å². The molecule has 1 aromatic carbocycles. The Hall–Kier alpha value is -0.530. The normalized spacial score (nSPS) is 18.8. The van der Waals surface area contributed by atoms with E-state index >= 15 is 0 Å². The number of guanidine groups is 1. The van der Waals surface area contributed by atoms with Crippen LogP contribution in [0, 0.1) is 5.92 Å². The van der Waals surface area contributed by atoms with Crippen LogP contribution in [0.15, 0.2) is 29.3 Å². The van der Waals surface area contributed by atoms with Gasteiger partial charge in [0.15, 0.2) is 5.96 Å². The highest BCUT2D eigenvalue weighted by molar-refractivity contribution is 14.0. The summed E-state index contributed by atoms with van der Waals surface area (Å²) in [7, 11) is 1.82. The van der Waals surface area contributed by atoms with E-state index in [1.54, 1.807) is 0 Å². The maximum absolute atomic E-state index is 6.19. The van der Waals surface area contributed by atoms with Crippen LogP contribution in [0.4, 0.5) is 0 Å². The number of nitrogens with one attached hydrogen (secondary N) is 2. The molecule has 2 N–H and O–H groups in total. The monoisotopic (exact) mass is 464 g/mol. The Morgan fingerprint density at radius 2 is 2.12 bits per heavy atom. The maximum atomic E-state index is 6.19. The zero-order valence-corrected chi connectivity index (χ0v) is 17.8. The number of hydrogen-bond donors (Lipinski definition) is 2. The average Bonchev–Trinajstić information content (AvgIpc) is 2.59. The summed E-state index contributed by atoms with van der Waals surface area (Å²) >= 11 is 6.19. The molecule has 0 spiro atoms. The molecule has 1 atom stereocenters. The number of likely N-dealkylation sites (tertiary alicyclic amines) is 1. The Labute approximate surface area is 168 Å². The molecule has 0 saturated carbocycles. The van der Waals surface area contributed by atoms with E-state index in [9.17, 15) is 0 Å². The molecule has 1 aliphatic rings. The number of benzene rings is 1. The highest BCUT2D eigenvalue weighted by Crippen LogP contribution is 2.15. The molecule has 1 saturated heterocycles. The zero-order chi connectivity index (χ0) is 16.5. The largest absolute Gasteiger partial charge is 0.356 e. The van der Waals surface area contributed by atoms with Gasteiger partial charge in [-0.15, -0.1) is 24.0 Å². The molecule has 1 heterocycles. The van der Waals surface area contributed by atoms with E-state index in [0.717, 1.165) is 37.0 Å². The molecule has 0 aromatic heterocycles. The number of piperidine rings is 1. The first-order valence-electron chi connectivity index (χ1n) is 8.63. The van der Waals surface area contributed by atoms with Gasteiger partial charge in [-0.2, -0.15) is 0 Å². The van der Waals surface area contributed by atoms with E-state index in [-0.39, 0.29) is 24.0 Å². The molecule has 2 rings (SSSR count).